The van der Waals surface area contributed by atoms with Gasteiger partial charge in [0.15, 0.2) is 0 Å². The maximum Gasteiger partial charge on any atom is 0.226 e. The molecule has 5 atom stereocenters. The second-order valence-corrected chi connectivity index (χ2v) is 11.2. The van der Waals surface area contributed by atoms with Gasteiger partial charge < -0.3 is 5.32 Å². The monoisotopic (exact) mass is 367 g/mol. The third-order valence-corrected chi connectivity index (χ3v) is 7.83. The molecule has 2 heteroatoms. The predicted octanol–water partition coefficient (Wildman–Crippen LogP) is 6.37. The van der Waals surface area contributed by atoms with E-state index in [1.54, 1.807) is 0 Å². The molecule has 1 aromatic carbocycles. The van der Waals surface area contributed by atoms with Crippen LogP contribution >= 0.6 is 0 Å². The van der Waals surface area contributed by atoms with E-state index in [-0.39, 0.29) is 11.5 Å². The molecule has 0 aliphatic heterocycles. The molecule has 27 heavy (non-hydrogen) atoms. The lowest BCUT2D eigenvalue weighted by atomic mass is 9.40. The maximum absolute atomic E-state index is 13.6. The summed E-state index contributed by atoms with van der Waals surface area (Å²) in [6, 6.07) is 9.01. The molecule has 2 nitrogen and oxygen atoms in total. The Morgan fingerprint density at radius 1 is 1.00 bits per heavy atom. The fourth-order valence-electron chi connectivity index (χ4n) is 7.55. The van der Waals surface area contributed by atoms with Crippen molar-refractivity contribution in [2.45, 2.75) is 91.5 Å². The summed E-state index contributed by atoms with van der Waals surface area (Å²) in [6.07, 6.45) is 8.26. The van der Waals surface area contributed by atoms with Crippen molar-refractivity contribution in [2.75, 3.05) is 0 Å². The summed E-state index contributed by atoms with van der Waals surface area (Å²) in [7, 11) is 0. The Bertz CT molecular complexity index is 700. The first-order valence-electron chi connectivity index (χ1n) is 11.1. The number of nitrogens with one attached hydrogen (secondary N) is 1. The predicted molar refractivity (Wildman–Crippen MR) is 112 cm³/mol. The van der Waals surface area contributed by atoms with Crippen molar-refractivity contribution in [1.82, 2.24) is 5.32 Å². The van der Waals surface area contributed by atoms with Crippen molar-refractivity contribution in [2.24, 2.45) is 22.2 Å². The topological polar surface area (TPSA) is 29.1 Å². The van der Waals surface area contributed by atoms with Crippen LogP contribution in [-0.4, -0.2) is 5.91 Å². The highest BCUT2D eigenvalue weighted by Crippen LogP contribution is 2.69. The summed E-state index contributed by atoms with van der Waals surface area (Å²) in [4.78, 5) is 13.6. The van der Waals surface area contributed by atoms with Crippen molar-refractivity contribution in [3.8, 4) is 0 Å². The number of rotatable bonds is 5. The smallest absolute Gasteiger partial charge is 0.226 e. The molecule has 5 rings (SSSR count). The summed E-state index contributed by atoms with van der Waals surface area (Å²) in [5.74, 6) is 1.64. The number of amides is 1. The van der Waals surface area contributed by atoms with Crippen molar-refractivity contribution >= 4 is 5.91 Å². The Hall–Kier alpha value is -1.31. The minimum Gasteiger partial charge on any atom is -0.349 e. The quantitative estimate of drug-likeness (QED) is 0.643. The molecule has 0 aromatic heterocycles. The summed E-state index contributed by atoms with van der Waals surface area (Å²) in [5.41, 5.74) is 3.26. The highest BCUT2D eigenvalue weighted by atomic mass is 16.2. The average molecular weight is 368 g/mol. The van der Waals surface area contributed by atoms with E-state index in [9.17, 15) is 4.79 Å². The first-order chi connectivity index (χ1) is 12.7. The molecule has 4 saturated carbocycles. The lowest BCUT2D eigenvalue weighted by Gasteiger charge is -2.64. The van der Waals surface area contributed by atoms with Crippen LogP contribution in [0.2, 0.25) is 0 Å². The molecule has 4 aliphatic rings. The minimum absolute atomic E-state index is 0.117. The molecule has 1 aromatic rings. The Balaban J connectivity index is 1.54. The lowest BCUT2D eigenvalue weighted by Crippen LogP contribution is -2.60. The van der Waals surface area contributed by atoms with Crippen LogP contribution in [0.4, 0.5) is 0 Å². The lowest BCUT2D eigenvalue weighted by molar-refractivity contribution is -0.170. The van der Waals surface area contributed by atoms with Crippen LogP contribution in [0.25, 0.3) is 0 Å². The molecule has 4 fully saturated rings. The van der Waals surface area contributed by atoms with E-state index in [4.69, 9.17) is 0 Å². The molecule has 2 unspecified atom stereocenters. The molecular formula is C25H37NO. The SMILES string of the molecule is CC[C@@H](NC(=O)C12CC3C[C@@](C)(C1)C[C@](C)(C3)C2)c1ccc(C(C)C)cc1. The highest BCUT2D eigenvalue weighted by Gasteiger charge is 2.62. The molecule has 0 spiro atoms. The van der Waals surface area contributed by atoms with Crippen molar-refractivity contribution in [1.29, 1.82) is 0 Å². The van der Waals surface area contributed by atoms with Gasteiger partial charge in [0.05, 0.1) is 11.5 Å². The van der Waals surface area contributed by atoms with Crippen molar-refractivity contribution in [3.05, 3.63) is 35.4 Å². The second-order valence-electron chi connectivity index (χ2n) is 11.2. The minimum atomic E-state index is -0.117. The average Bonchev–Trinajstić information content (AvgIpc) is 2.56. The van der Waals surface area contributed by atoms with E-state index in [0.717, 1.165) is 31.6 Å². The zero-order chi connectivity index (χ0) is 19.4. The summed E-state index contributed by atoms with van der Waals surface area (Å²) < 4.78 is 0. The summed E-state index contributed by atoms with van der Waals surface area (Å²) in [5, 5.41) is 3.48. The van der Waals surface area contributed by atoms with Crippen molar-refractivity contribution < 1.29 is 4.79 Å². The molecule has 4 bridgehead atoms. The first kappa shape index (κ1) is 19.0. The Morgan fingerprint density at radius 2 is 1.56 bits per heavy atom. The van der Waals surface area contributed by atoms with Crippen LogP contribution in [0.1, 0.15) is 103 Å². The third-order valence-electron chi connectivity index (χ3n) is 7.83. The fraction of sp³-hybridized carbons (Fsp3) is 0.720. The van der Waals surface area contributed by atoms with Crippen LogP contribution in [0.15, 0.2) is 24.3 Å². The second kappa shape index (κ2) is 6.36. The largest absolute Gasteiger partial charge is 0.349 e. The van der Waals surface area contributed by atoms with Gasteiger partial charge in [-0.2, -0.15) is 0 Å². The number of carbonyl (C=O) groups excluding carboxylic acids is 1. The zero-order valence-corrected chi connectivity index (χ0v) is 17.9. The van der Waals surface area contributed by atoms with Crippen molar-refractivity contribution in [3.63, 3.8) is 0 Å². The number of carbonyl (C=O) groups is 1. The van der Waals surface area contributed by atoms with E-state index in [0.29, 0.717) is 22.7 Å². The third kappa shape index (κ3) is 3.34. The number of hydrogen-bond donors (Lipinski definition) is 1. The Morgan fingerprint density at radius 3 is 2.04 bits per heavy atom. The van der Waals surface area contributed by atoms with Crippen LogP contribution in [0.3, 0.4) is 0 Å². The molecule has 1 N–H and O–H groups in total. The molecule has 1 amide bonds. The van der Waals surface area contributed by atoms with Gasteiger partial charge in [0.2, 0.25) is 5.91 Å². The molecule has 4 aliphatic carbocycles. The first-order valence-corrected chi connectivity index (χ1v) is 11.1. The van der Waals surface area contributed by atoms with Gasteiger partial charge in [0, 0.05) is 0 Å². The van der Waals surface area contributed by atoms with Crippen LogP contribution in [0, 0.1) is 22.2 Å². The van der Waals surface area contributed by atoms with E-state index >= 15 is 0 Å². The Kier molecular flexibility index (Phi) is 4.48. The molecule has 0 heterocycles. The molecule has 0 radical (unpaired) electrons. The number of hydrogen-bond acceptors (Lipinski definition) is 1. The number of benzene rings is 1. The highest BCUT2D eigenvalue weighted by molar-refractivity contribution is 5.83. The van der Waals surface area contributed by atoms with Crippen LogP contribution in [-0.2, 0) is 4.79 Å². The zero-order valence-electron chi connectivity index (χ0n) is 17.9. The van der Waals surface area contributed by atoms with Gasteiger partial charge >= 0.3 is 0 Å². The molecular weight excluding hydrogens is 330 g/mol. The van der Waals surface area contributed by atoms with Gasteiger partial charge in [-0.3, -0.25) is 4.79 Å². The van der Waals surface area contributed by atoms with E-state index in [1.807, 2.05) is 0 Å². The normalized spacial score (nSPS) is 38.2. The van der Waals surface area contributed by atoms with Gasteiger partial charge in [-0.15, -0.1) is 0 Å². The fourth-order valence-corrected chi connectivity index (χ4v) is 7.55. The van der Waals surface area contributed by atoms with Crippen LogP contribution in [0.5, 0.6) is 0 Å². The van der Waals surface area contributed by atoms with Gasteiger partial charge in [0.1, 0.15) is 0 Å². The Labute approximate surface area is 165 Å². The molecule has 148 valence electrons. The van der Waals surface area contributed by atoms with Crippen LogP contribution < -0.4 is 5.32 Å². The maximum atomic E-state index is 13.6. The van der Waals surface area contributed by atoms with E-state index in [1.165, 1.54) is 30.4 Å². The van der Waals surface area contributed by atoms with Gasteiger partial charge in [0.25, 0.3) is 0 Å². The summed E-state index contributed by atoms with van der Waals surface area (Å²) >= 11 is 0. The van der Waals surface area contributed by atoms with Gasteiger partial charge in [-0.05, 0) is 78.7 Å². The van der Waals surface area contributed by atoms with E-state index in [2.05, 4.69) is 64.2 Å². The molecule has 0 saturated heterocycles. The summed E-state index contributed by atoms with van der Waals surface area (Å²) in [6.45, 7) is 11.5. The standard InChI is InChI=1S/C25H37NO/c1-6-21(20-9-7-19(8-10-20)17(2)3)26-22(27)25-13-18-11-23(4,15-25)14-24(5,12-18)16-25/h7-10,17-18,21H,6,11-16H2,1-5H3,(H,26,27)/t18?,21-,23-,24+,25?/m1/s1. The van der Waals surface area contributed by atoms with Gasteiger partial charge in [-0.1, -0.05) is 58.9 Å². The van der Waals surface area contributed by atoms with E-state index < -0.39 is 0 Å². The van der Waals surface area contributed by atoms with Gasteiger partial charge in [-0.25, -0.2) is 0 Å².